The Morgan fingerprint density at radius 2 is 2.04 bits per heavy atom. The van der Waals surface area contributed by atoms with Gasteiger partial charge in [-0.15, -0.1) is 0 Å². The summed E-state index contributed by atoms with van der Waals surface area (Å²) in [5.41, 5.74) is 5.14. The zero-order chi connectivity index (χ0) is 19.1. The highest BCUT2D eigenvalue weighted by Crippen LogP contribution is 2.30. The van der Waals surface area contributed by atoms with E-state index in [-0.39, 0.29) is 18.4 Å². The fraction of sp³-hybridized carbons (Fsp3) is 0.0952. The molecule has 3 heterocycles. The van der Waals surface area contributed by atoms with Gasteiger partial charge in [-0.3, -0.25) is 9.59 Å². The zero-order valence-corrected chi connectivity index (χ0v) is 14.8. The molecule has 5 rings (SSSR count). The minimum Gasteiger partial charge on any atom is -0.363 e. The minimum atomic E-state index is -0.289. The summed E-state index contributed by atoms with van der Waals surface area (Å²) in [6.07, 6.45) is 4.65. The monoisotopic (exact) mass is 372 g/mol. The SMILES string of the molecule is O=C(CN1Cc2ccc(-c3ccc4[nH]ccc4c3)cc2C1=O)Nc1cnoc1. The Morgan fingerprint density at radius 3 is 2.89 bits per heavy atom. The Hall–Kier alpha value is -3.87. The van der Waals surface area contributed by atoms with Crippen molar-refractivity contribution in [3.8, 4) is 11.1 Å². The third kappa shape index (κ3) is 2.83. The van der Waals surface area contributed by atoms with Gasteiger partial charge in [-0.05, 0) is 46.3 Å². The lowest BCUT2D eigenvalue weighted by Crippen LogP contribution is -2.33. The first kappa shape index (κ1) is 16.3. The second kappa shape index (κ2) is 6.38. The number of nitrogens with zero attached hydrogens (tertiary/aromatic N) is 2. The molecule has 0 fully saturated rings. The predicted molar refractivity (Wildman–Crippen MR) is 104 cm³/mol. The Balaban J connectivity index is 1.36. The van der Waals surface area contributed by atoms with E-state index >= 15 is 0 Å². The first-order valence-electron chi connectivity index (χ1n) is 8.86. The van der Waals surface area contributed by atoms with Crippen LogP contribution in [0.4, 0.5) is 5.69 Å². The van der Waals surface area contributed by atoms with Crippen LogP contribution in [-0.2, 0) is 11.3 Å². The quantitative estimate of drug-likeness (QED) is 0.574. The van der Waals surface area contributed by atoms with Gasteiger partial charge >= 0.3 is 0 Å². The van der Waals surface area contributed by atoms with Crippen LogP contribution in [0, 0.1) is 0 Å². The average molecular weight is 372 g/mol. The van der Waals surface area contributed by atoms with E-state index in [1.54, 1.807) is 0 Å². The van der Waals surface area contributed by atoms with Crippen LogP contribution in [0.25, 0.3) is 22.0 Å². The molecule has 0 atom stereocenters. The number of anilines is 1. The minimum absolute atomic E-state index is 0.0245. The molecule has 138 valence electrons. The third-order valence-corrected chi connectivity index (χ3v) is 4.93. The van der Waals surface area contributed by atoms with Crippen molar-refractivity contribution in [1.82, 2.24) is 15.0 Å². The molecule has 7 nitrogen and oxygen atoms in total. The van der Waals surface area contributed by atoms with Gasteiger partial charge in [0.15, 0.2) is 0 Å². The molecule has 2 amide bonds. The Bertz CT molecular complexity index is 1190. The number of carbonyl (C=O) groups excluding carboxylic acids is 2. The lowest BCUT2D eigenvalue weighted by atomic mass is 9.99. The smallest absolute Gasteiger partial charge is 0.254 e. The topological polar surface area (TPSA) is 91.2 Å². The lowest BCUT2D eigenvalue weighted by Gasteiger charge is -2.14. The first-order valence-corrected chi connectivity index (χ1v) is 8.86. The number of carbonyl (C=O) groups is 2. The summed E-state index contributed by atoms with van der Waals surface area (Å²) in [7, 11) is 0. The van der Waals surface area contributed by atoms with Gasteiger partial charge < -0.3 is 19.7 Å². The maximum atomic E-state index is 12.8. The fourth-order valence-electron chi connectivity index (χ4n) is 3.54. The molecule has 1 aliphatic heterocycles. The molecular weight excluding hydrogens is 356 g/mol. The summed E-state index contributed by atoms with van der Waals surface area (Å²) < 4.78 is 4.69. The molecule has 28 heavy (non-hydrogen) atoms. The molecule has 0 bridgehead atoms. The highest BCUT2D eigenvalue weighted by molar-refractivity contribution is 6.03. The summed E-state index contributed by atoms with van der Waals surface area (Å²) >= 11 is 0. The number of amides is 2. The van der Waals surface area contributed by atoms with Gasteiger partial charge in [-0.2, -0.15) is 0 Å². The maximum Gasteiger partial charge on any atom is 0.254 e. The van der Waals surface area contributed by atoms with E-state index in [2.05, 4.69) is 26.0 Å². The number of nitrogens with one attached hydrogen (secondary N) is 2. The molecule has 0 radical (unpaired) electrons. The van der Waals surface area contributed by atoms with Crippen molar-refractivity contribution in [3.63, 3.8) is 0 Å². The Kier molecular flexibility index (Phi) is 3.72. The molecule has 0 unspecified atom stereocenters. The summed E-state index contributed by atoms with van der Waals surface area (Å²) in [5, 5.41) is 7.31. The van der Waals surface area contributed by atoms with Gasteiger partial charge in [0, 0.05) is 23.8 Å². The van der Waals surface area contributed by atoms with Gasteiger partial charge in [-0.1, -0.05) is 23.4 Å². The van der Waals surface area contributed by atoms with Crippen molar-refractivity contribution in [2.75, 3.05) is 11.9 Å². The normalized spacial score (nSPS) is 13.1. The molecule has 0 spiro atoms. The Morgan fingerprint density at radius 1 is 1.18 bits per heavy atom. The standard InChI is InChI=1S/C21H16N4O3/c26-20(24-17-9-23-28-12-17)11-25-10-16-2-1-14(8-18(16)21(25)27)13-3-4-19-15(7-13)5-6-22-19/h1-9,12,22H,10-11H2,(H,24,26). The zero-order valence-electron chi connectivity index (χ0n) is 14.8. The van der Waals surface area contributed by atoms with E-state index < -0.39 is 0 Å². The molecule has 0 aliphatic carbocycles. The van der Waals surface area contributed by atoms with Crippen molar-refractivity contribution >= 4 is 28.4 Å². The van der Waals surface area contributed by atoms with Crippen LogP contribution in [-0.4, -0.2) is 33.4 Å². The van der Waals surface area contributed by atoms with Gasteiger partial charge in [0.05, 0.1) is 6.20 Å². The summed E-state index contributed by atoms with van der Waals surface area (Å²) in [5.74, 6) is -0.428. The number of hydrogen-bond donors (Lipinski definition) is 2. The molecule has 4 aromatic rings. The summed E-state index contributed by atoms with van der Waals surface area (Å²) in [6, 6.07) is 14.1. The van der Waals surface area contributed by atoms with Gasteiger partial charge in [0.2, 0.25) is 5.91 Å². The second-order valence-corrected chi connectivity index (χ2v) is 6.77. The van der Waals surface area contributed by atoms with Crippen molar-refractivity contribution in [2.45, 2.75) is 6.54 Å². The van der Waals surface area contributed by atoms with E-state index in [4.69, 9.17) is 0 Å². The van der Waals surface area contributed by atoms with Crippen LogP contribution < -0.4 is 5.32 Å². The first-order chi connectivity index (χ1) is 13.7. The van der Waals surface area contributed by atoms with Crippen molar-refractivity contribution in [1.29, 1.82) is 0 Å². The highest BCUT2D eigenvalue weighted by Gasteiger charge is 2.29. The lowest BCUT2D eigenvalue weighted by molar-refractivity contribution is -0.116. The van der Waals surface area contributed by atoms with E-state index in [1.165, 1.54) is 17.4 Å². The summed E-state index contributed by atoms with van der Waals surface area (Å²) in [4.78, 5) is 29.7. The Labute approximate surface area is 159 Å². The van der Waals surface area contributed by atoms with Crippen LogP contribution in [0.1, 0.15) is 15.9 Å². The second-order valence-electron chi connectivity index (χ2n) is 6.77. The molecular formula is C21H16N4O3. The molecule has 2 N–H and O–H groups in total. The number of aromatic nitrogens is 2. The largest absolute Gasteiger partial charge is 0.363 e. The molecule has 2 aromatic carbocycles. The van der Waals surface area contributed by atoms with Crippen LogP contribution in [0.3, 0.4) is 0 Å². The number of aromatic amines is 1. The van der Waals surface area contributed by atoms with Crippen molar-refractivity contribution in [2.24, 2.45) is 0 Å². The number of rotatable bonds is 4. The number of benzene rings is 2. The van der Waals surface area contributed by atoms with Crippen molar-refractivity contribution in [3.05, 3.63) is 72.2 Å². The van der Waals surface area contributed by atoms with E-state index in [1.807, 2.05) is 42.6 Å². The van der Waals surface area contributed by atoms with E-state index in [0.29, 0.717) is 17.8 Å². The van der Waals surface area contributed by atoms with Gasteiger partial charge in [0.1, 0.15) is 18.5 Å². The van der Waals surface area contributed by atoms with Crippen LogP contribution in [0.5, 0.6) is 0 Å². The van der Waals surface area contributed by atoms with E-state index in [0.717, 1.165) is 27.6 Å². The average Bonchev–Trinajstić information content (AvgIpc) is 3.43. The highest BCUT2D eigenvalue weighted by atomic mass is 16.5. The van der Waals surface area contributed by atoms with Crippen LogP contribution in [0.15, 0.2) is 65.6 Å². The van der Waals surface area contributed by atoms with Crippen LogP contribution >= 0.6 is 0 Å². The van der Waals surface area contributed by atoms with Crippen LogP contribution in [0.2, 0.25) is 0 Å². The van der Waals surface area contributed by atoms with E-state index in [9.17, 15) is 9.59 Å². The molecule has 2 aromatic heterocycles. The molecule has 0 saturated heterocycles. The molecule has 7 heteroatoms. The van der Waals surface area contributed by atoms with Crippen molar-refractivity contribution < 1.29 is 14.1 Å². The summed E-state index contributed by atoms with van der Waals surface area (Å²) in [6.45, 7) is 0.395. The number of fused-ring (bicyclic) bond motifs is 2. The third-order valence-electron chi connectivity index (χ3n) is 4.93. The molecule has 0 saturated carbocycles. The fourth-order valence-corrected chi connectivity index (χ4v) is 3.54. The van der Waals surface area contributed by atoms with Gasteiger partial charge in [-0.25, -0.2) is 0 Å². The molecule has 1 aliphatic rings. The maximum absolute atomic E-state index is 12.8. The predicted octanol–water partition coefficient (Wildman–Crippen LogP) is 3.42. The van der Waals surface area contributed by atoms with Gasteiger partial charge in [0.25, 0.3) is 5.91 Å². The number of hydrogen-bond acceptors (Lipinski definition) is 4. The number of H-pyrrole nitrogens is 1.